The Morgan fingerprint density at radius 1 is 1.04 bits per heavy atom. The smallest absolute Gasteiger partial charge is 0.437 e. The normalized spacial score (nSPS) is 13.0. The van der Waals surface area contributed by atoms with Gasteiger partial charge in [0.1, 0.15) is 12.1 Å². The Bertz CT molecular complexity index is 1600. The lowest BCUT2D eigenvalue weighted by Gasteiger charge is -2.33. The molecule has 0 unspecified atom stereocenters. The number of hydrazine groups is 1. The lowest BCUT2D eigenvalue weighted by Crippen LogP contribution is -2.51. The number of nitrogens with one attached hydrogen (secondary N) is 1. The number of aryl methyl sites for hydroxylation is 2. The minimum absolute atomic E-state index is 0.0842. The molecule has 1 aliphatic rings. The summed E-state index contributed by atoms with van der Waals surface area (Å²) in [7, 11) is 3.22. The second kappa shape index (κ2) is 14.2. The number of ether oxygens (including phenoxy) is 1. The zero-order valence-electron chi connectivity index (χ0n) is 28.0. The van der Waals surface area contributed by atoms with Crippen LogP contribution < -0.4 is 11.1 Å². The number of amides is 3. The molecule has 248 valence electrons. The van der Waals surface area contributed by atoms with E-state index in [1.165, 1.54) is 11.9 Å². The maximum absolute atomic E-state index is 13.7. The molecule has 4 rings (SSSR count). The van der Waals surface area contributed by atoms with Crippen LogP contribution in [0.4, 0.5) is 10.5 Å². The maximum Gasteiger partial charge on any atom is 0.437 e. The molecule has 46 heavy (non-hydrogen) atoms. The van der Waals surface area contributed by atoms with E-state index in [1.807, 2.05) is 56.1 Å². The van der Waals surface area contributed by atoms with Gasteiger partial charge in [-0.2, -0.15) is 4.68 Å². The molecule has 1 aromatic heterocycles. The molecule has 1 N–H and O–H groups in total. The van der Waals surface area contributed by atoms with Gasteiger partial charge in [0.2, 0.25) is 11.8 Å². The van der Waals surface area contributed by atoms with E-state index in [2.05, 4.69) is 10.4 Å². The van der Waals surface area contributed by atoms with Crippen LogP contribution in [0.1, 0.15) is 51.3 Å². The SMILES string of the molecule is Cc1cc(-c2nn(C)c(=O)o2)ccc1NCC(=O)N(CCN(C(=O)OC(C)(C)C)C(C)C)CC(=O)N(C)N1Cc2ccccc2C1. The van der Waals surface area contributed by atoms with E-state index in [9.17, 15) is 19.2 Å². The van der Waals surface area contributed by atoms with E-state index >= 15 is 0 Å². The fraction of sp³-hybridized carbons (Fsp3) is 0.485. The standard InChI is InChI=1S/C33H45N7O6/c1-22(2)40(32(44)46-33(4,5)6)16-15-38(21-29(42)37(8)39-19-25-11-9-10-12-26(25)20-39)28(41)18-34-27-14-13-24(17-23(27)3)30-35-36(7)31(43)45-30/h9-14,17,22,34H,15-16,18-21H2,1-8H3. The van der Waals surface area contributed by atoms with E-state index in [0.29, 0.717) is 24.3 Å². The Morgan fingerprint density at radius 3 is 2.24 bits per heavy atom. The average Bonchev–Trinajstić information content (AvgIpc) is 3.56. The Labute approximate surface area is 269 Å². The van der Waals surface area contributed by atoms with Gasteiger partial charge in [-0.05, 0) is 76.4 Å². The molecule has 0 saturated carbocycles. The van der Waals surface area contributed by atoms with Gasteiger partial charge in [0.05, 0.1) is 6.54 Å². The van der Waals surface area contributed by atoms with Crippen LogP contribution in [-0.4, -0.2) is 92.4 Å². The third-order valence-electron chi connectivity index (χ3n) is 7.74. The molecule has 0 bridgehead atoms. The molecule has 2 aromatic carbocycles. The molecule has 0 aliphatic carbocycles. The van der Waals surface area contributed by atoms with Gasteiger partial charge in [-0.15, -0.1) is 5.10 Å². The topological polar surface area (TPSA) is 133 Å². The average molecular weight is 636 g/mol. The van der Waals surface area contributed by atoms with Gasteiger partial charge in [-0.3, -0.25) is 14.6 Å². The number of rotatable bonds is 11. The molecule has 0 fully saturated rings. The van der Waals surface area contributed by atoms with Crippen molar-refractivity contribution in [2.24, 2.45) is 7.05 Å². The predicted molar refractivity (Wildman–Crippen MR) is 174 cm³/mol. The molecule has 3 aromatic rings. The Balaban J connectivity index is 1.47. The highest BCUT2D eigenvalue weighted by Gasteiger charge is 2.29. The highest BCUT2D eigenvalue weighted by Crippen LogP contribution is 2.24. The summed E-state index contributed by atoms with van der Waals surface area (Å²) in [6, 6.07) is 13.2. The van der Waals surface area contributed by atoms with Crippen LogP contribution >= 0.6 is 0 Å². The number of carbonyl (C=O) groups excluding carboxylic acids is 3. The number of nitrogens with zero attached hydrogens (tertiary/aromatic N) is 6. The highest BCUT2D eigenvalue weighted by molar-refractivity contribution is 5.87. The van der Waals surface area contributed by atoms with Crippen molar-refractivity contribution < 1.29 is 23.5 Å². The van der Waals surface area contributed by atoms with Crippen molar-refractivity contribution in [3.05, 3.63) is 69.7 Å². The number of hydrogen-bond acceptors (Lipinski definition) is 9. The van der Waals surface area contributed by atoms with Crippen molar-refractivity contribution in [1.29, 1.82) is 0 Å². The van der Waals surface area contributed by atoms with Gasteiger partial charge in [-0.1, -0.05) is 24.3 Å². The molecule has 1 aliphatic heterocycles. The van der Waals surface area contributed by atoms with Gasteiger partial charge in [0.25, 0.3) is 5.91 Å². The molecule has 3 amide bonds. The van der Waals surface area contributed by atoms with E-state index in [-0.39, 0.29) is 49.9 Å². The van der Waals surface area contributed by atoms with E-state index in [4.69, 9.17) is 9.15 Å². The monoisotopic (exact) mass is 635 g/mol. The summed E-state index contributed by atoms with van der Waals surface area (Å²) in [5.41, 5.74) is 3.79. The van der Waals surface area contributed by atoms with Crippen molar-refractivity contribution in [3.8, 4) is 11.5 Å². The van der Waals surface area contributed by atoms with Gasteiger partial charge in [0.15, 0.2) is 0 Å². The van der Waals surface area contributed by atoms with Crippen molar-refractivity contribution in [2.75, 3.05) is 38.5 Å². The first-order chi connectivity index (χ1) is 21.6. The fourth-order valence-corrected chi connectivity index (χ4v) is 5.09. The quantitative estimate of drug-likeness (QED) is 0.335. The van der Waals surface area contributed by atoms with Crippen molar-refractivity contribution in [3.63, 3.8) is 0 Å². The zero-order valence-corrected chi connectivity index (χ0v) is 28.0. The van der Waals surface area contributed by atoms with Gasteiger partial charge < -0.3 is 24.3 Å². The number of benzene rings is 2. The maximum atomic E-state index is 13.7. The first-order valence-corrected chi connectivity index (χ1v) is 15.4. The molecule has 0 atom stereocenters. The third-order valence-corrected chi connectivity index (χ3v) is 7.74. The Hall–Kier alpha value is -4.65. The van der Waals surface area contributed by atoms with Crippen LogP contribution in [0.25, 0.3) is 11.5 Å². The number of carbonyl (C=O) groups is 3. The lowest BCUT2D eigenvalue weighted by molar-refractivity contribution is -0.151. The van der Waals surface area contributed by atoms with Crippen LogP contribution in [-0.2, 0) is 34.5 Å². The summed E-state index contributed by atoms with van der Waals surface area (Å²) in [6.45, 7) is 12.3. The minimum atomic E-state index is -0.676. The number of likely N-dealkylation sites (N-methyl/N-ethyl adjacent to an activating group) is 1. The van der Waals surface area contributed by atoms with Crippen LogP contribution in [0, 0.1) is 6.92 Å². The second-order valence-corrected chi connectivity index (χ2v) is 12.8. The molecule has 13 heteroatoms. The van der Waals surface area contributed by atoms with E-state index in [1.54, 1.807) is 49.9 Å². The minimum Gasteiger partial charge on any atom is -0.444 e. The van der Waals surface area contributed by atoms with Gasteiger partial charge in [0, 0.05) is 57.6 Å². The van der Waals surface area contributed by atoms with Crippen LogP contribution in [0.15, 0.2) is 51.7 Å². The summed E-state index contributed by atoms with van der Waals surface area (Å²) in [6.07, 6.45) is -0.481. The fourth-order valence-electron chi connectivity index (χ4n) is 5.09. The number of aromatic nitrogens is 2. The zero-order chi connectivity index (χ0) is 33.8. The summed E-state index contributed by atoms with van der Waals surface area (Å²) >= 11 is 0. The summed E-state index contributed by atoms with van der Waals surface area (Å²) in [5.74, 6) is -0.906. The molecular weight excluding hydrogens is 590 g/mol. The molecule has 13 nitrogen and oxygen atoms in total. The van der Waals surface area contributed by atoms with Crippen LogP contribution in [0.5, 0.6) is 0 Å². The predicted octanol–water partition coefficient (Wildman–Crippen LogP) is 3.62. The van der Waals surface area contributed by atoms with Crippen LogP contribution in [0.2, 0.25) is 0 Å². The Morgan fingerprint density at radius 2 is 1.70 bits per heavy atom. The van der Waals surface area contributed by atoms with Crippen molar-refractivity contribution >= 4 is 23.6 Å². The molecule has 2 heterocycles. The third kappa shape index (κ3) is 8.53. The number of fused-ring (bicyclic) bond motifs is 1. The van der Waals surface area contributed by atoms with Gasteiger partial charge in [-0.25, -0.2) is 14.6 Å². The molecule has 0 radical (unpaired) electrons. The second-order valence-electron chi connectivity index (χ2n) is 12.8. The Kier molecular flexibility index (Phi) is 10.6. The van der Waals surface area contributed by atoms with Crippen LogP contribution in [0.3, 0.4) is 0 Å². The highest BCUT2D eigenvalue weighted by atomic mass is 16.6. The van der Waals surface area contributed by atoms with Crippen molar-refractivity contribution in [2.45, 2.75) is 66.3 Å². The largest absolute Gasteiger partial charge is 0.444 e. The summed E-state index contributed by atoms with van der Waals surface area (Å²) in [4.78, 5) is 54.9. The first-order valence-electron chi connectivity index (χ1n) is 15.4. The lowest BCUT2D eigenvalue weighted by atomic mass is 10.1. The van der Waals surface area contributed by atoms with Crippen molar-refractivity contribution in [1.82, 2.24) is 29.6 Å². The summed E-state index contributed by atoms with van der Waals surface area (Å²) < 4.78 is 11.9. The van der Waals surface area contributed by atoms with E-state index < -0.39 is 17.5 Å². The number of anilines is 1. The molecule has 0 spiro atoms. The summed E-state index contributed by atoms with van der Waals surface area (Å²) in [5, 5.41) is 10.8. The first kappa shape index (κ1) is 34.2. The number of hydrogen-bond donors (Lipinski definition) is 1. The molecular formula is C33H45N7O6. The van der Waals surface area contributed by atoms with Gasteiger partial charge >= 0.3 is 11.8 Å². The van der Waals surface area contributed by atoms with E-state index in [0.717, 1.165) is 21.4 Å². The molecule has 0 saturated heterocycles.